The largest absolute Gasteiger partial charge is 0.341 e. The molecule has 0 aliphatic heterocycles. The normalized spacial score (nSPS) is 12.4. The molecule has 0 saturated carbocycles. The van der Waals surface area contributed by atoms with E-state index in [1.165, 1.54) is 19.3 Å². The van der Waals surface area contributed by atoms with Crippen LogP contribution in [0.1, 0.15) is 52.9 Å². The molecule has 0 heterocycles. The molecule has 3 nitrogen and oxygen atoms in total. The lowest BCUT2D eigenvalue weighted by molar-refractivity contribution is -0.236. The van der Waals surface area contributed by atoms with Crippen molar-refractivity contribution in [3.63, 3.8) is 0 Å². The van der Waals surface area contributed by atoms with Crippen molar-refractivity contribution in [1.29, 1.82) is 0 Å². The van der Waals surface area contributed by atoms with E-state index in [4.69, 9.17) is 9.47 Å². The maximum Gasteiger partial charge on any atom is 0.227 e. The fourth-order valence-electron chi connectivity index (χ4n) is 1.70. The second kappa shape index (κ2) is 8.08. The molecule has 0 amide bonds. The predicted octanol–water partition coefficient (Wildman–Crippen LogP) is 2.90. The minimum atomic E-state index is -0.595. The van der Waals surface area contributed by atoms with Crippen molar-refractivity contribution >= 4 is 0 Å². The Bertz CT molecular complexity index is 145. The Kier molecular flexibility index (Phi) is 8.02. The standard InChI is InChI=1S/C12H27NO2/c1-6-7-8-9-10-12(14-4,15-5)13-11(2)3/h11,13H,6-10H2,1-5H3. The Morgan fingerprint density at radius 2 is 1.67 bits per heavy atom. The van der Waals surface area contributed by atoms with Crippen molar-refractivity contribution in [1.82, 2.24) is 5.32 Å². The van der Waals surface area contributed by atoms with E-state index in [0.717, 1.165) is 12.8 Å². The van der Waals surface area contributed by atoms with Gasteiger partial charge < -0.3 is 9.47 Å². The Morgan fingerprint density at radius 1 is 1.07 bits per heavy atom. The van der Waals surface area contributed by atoms with Gasteiger partial charge in [0.15, 0.2) is 0 Å². The van der Waals surface area contributed by atoms with E-state index in [2.05, 4.69) is 26.1 Å². The fourth-order valence-corrected chi connectivity index (χ4v) is 1.70. The van der Waals surface area contributed by atoms with Gasteiger partial charge in [-0.15, -0.1) is 0 Å². The summed E-state index contributed by atoms with van der Waals surface area (Å²) in [6.07, 6.45) is 5.81. The summed E-state index contributed by atoms with van der Waals surface area (Å²) in [5.41, 5.74) is 0. The minimum Gasteiger partial charge on any atom is -0.341 e. The molecule has 3 heteroatoms. The van der Waals surface area contributed by atoms with Crippen LogP contribution in [0, 0.1) is 0 Å². The molecule has 0 fully saturated rings. The van der Waals surface area contributed by atoms with Gasteiger partial charge in [0.1, 0.15) is 0 Å². The van der Waals surface area contributed by atoms with E-state index >= 15 is 0 Å². The molecule has 0 saturated heterocycles. The molecule has 0 radical (unpaired) electrons. The monoisotopic (exact) mass is 217 g/mol. The van der Waals surface area contributed by atoms with Gasteiger partial charge in [0.05, 0.1) is 0 Å². The second-order valence-corrected chi connectivity index (χ2v) is 4.27. The highest BCUT2D eigenvalue weighted by molar-refractivity contribution is 4.69. The van der Waals surface area contributed by atoms with Gasteiger partial charge in [-0.3, -0.25) is 5.32 Å². The first-order valence-electron chi connectivity index (χ1n) is 5.98. The summed E-state index contributed by atoms with van der Waals surface area (Å²) in [6.45, 7) is 6.41. The van der Waals surface area contributed by atoms with Crippen LogP contribution in [0.5, 0.6) is 0 Å². The average Bonchev–Trinajstić information content (AvgIpc) is 2.22. The third kappa shape index (κ3) is 6.13. The molecule has 0 spiro atoms. The van der Waals surface area contributed by atoms with Crippen LogP contribution in [0.25, 0.3) is 0 Å². The molecule has 0 aromatic carbocycles. The van der Waals surface area contributed by atoms with Crippen molar-refractivity contribution in [2.45, 2.75) is 64.8 Å². The maximum atomic E-state index is 5.44. The van der Waals surface area contributed by atoms with Crippen molar-refractivity contribution < 1.29 is 9.47 Å². The van der Waals surface area contributed by atoms with Crippen LogP contribution in [-0.4, -0.2) is 26.2 Å². The Morgan fingerprint density at radius 3 is 2.07 bits per heavy atom. The Hall–Kier alpha value is -0.120. The SMILES string of the molecule is CCCCCCC(NC(C)C)(OC)OC. The zero-order valence-corrected chi connectivity index (χ0v) is 10.9. The number of nitrogens with one attached hydrogen (secondary N) is 1. The molecule has 0 aliphatic carbocycles. The number of hydrogen-bond acceptors (Lipinski definition) is 3. The number of hydrogen-bond donors (Lipinski definition) is 1. The third-order valence-corrected chi connectivity index (χ3v) is 2.53. The molecule has 0 atom stereocenters. The molecule has 15 heavy (non-hydrogen) atoms. The van der Waals surface area contributed by atoms with Gasteiger partial charge in [-0.2, -0.15) is 0 Å². The summed E-state index contributed by atoms with van der Waals surface area (Å²) in [5.74, 6) is -0.595. The van der Waals surface area contributed by atoms with Crippen molar-refractivity contribution in [3.8, 4) is 0 Å². The fraction of sp³-hybridized carbons (Fsp3) is 1.00. The average molecular weight is 217 g/mol. The highest BCUT2D eigenvalue weighted by Crippen LogP contribution is 2.18. The van der Waals surface area contributed by atoms with Gasteiger partial charge in [-0.1, -0.05) is 26.2 Å². The van der Waals surface area contributed by atoms with Crippen LogP contribution in [0.3, 0.4) is 0 Å². The van der Waals surface area contributed by atoms with Gasteiger partial charge in [0.2, 0.25) is 5.91 Å². The Balaban J connectivity index is 4.00. The van der Waals surface area contributed by atoms with Crippen molar-refractivity contribution in [2.24, 2.45) is 0 Å². The highest BCUT2D eigenvalue weighted by Gasteiger charge is 2.29. The number of unbranched alkanes of at least 4 members (excludes halogenated alkanes) is 3. The topological polar surface area (TPSA) is 30.5 Å². The molecule has 0 aromatic heterocycles. The van der Waals surface area contributed by atoms with Crippen LogP contribution in [0.4, 0.5) is 0 Å². The highest BCUT2D eigenvalue weighted by atomic mass is 16.7. The molecule has 0 aromatic rings. The zero-order valence-electron chi connectivity index (χ0n) is 10.9. The Labute approximate surface area is 94.5 Å². The third-order valence-electron chi connectivity index (χ3n) is 2.53. The second-order valence-electron chi connectivity index (χ2n) is 4.27. The first-order valence-corrected chi connectivity index (χ1v) is 5.98. The zero-order chi connectivity index (χ0) is 11.7. The molecule has 92 valence electrons. The first-order chi connectivity index (χ1) is 7.10. The minimum absolute atomic E-state index is 0.357. The van der Waals surface area contributed by atoms with E-state index < -0.39 is 5.91 Å². The summed E-state index contributed by atoms with van der Waals surface area (Å²) in [6, 6.07) is 0.357. The lowest BCUT2D eigenvalue weighted by atomic mass is 10.1. The van der Waals surface area contributed by atoms with Crippen LogP contribution in [0.15, 0.2) is 0 Å². The molecule has 0 bridgehead atoms. The lowest BCUT2D eigenvalue weighted by Crippen LogP contribution is -2.51. The van der Waals surface area contributed by atoms with E-state index in [0.29, 0.717) is 6.04 Å². The van der Waals surface area contributed by atoms with Gasteiger partial charge >= 0.3 is 0 Å². The summed E-state index contributed by atoms with van der Waals surface area (Å²) in [4.78, 5) is 0. The number of ether oxygens (including phenoxy) is 2. The summed E-state index contributed by atoms with van der Waals surface area (Å²) >= 11 is 0. The van der Waals surface area contributed by atoms with E-state index in [1.807, 2.05) is 0 Å². The summed E-state index contributed by atoms with van der Waals surface area (Å²) in [5, 5.41) is 3.33. The number of rotatable bonds is 9. The molecule has 0 rings (SSSR count). The molecule has 1 N–H and O–H groups in total. The quantitative estimate of drug-likeness (QED) is 0.476. The van der Waals surface area contributed by atoms with Crippen molar-refractivity contribution in [2.75, 3.05) is 14.2 Å². The van der Waals surface area contributed by atoms with Crippen LogP contribution in [-0.2, 0) is 9.47 Å². The summed E-state index contributed by atoms with van der Waals surface area (Å²) in [7, 11) is 3.39. The lowest BCUT2D eigenvalue weighted by Gasteiger charge is -2.33. The van der Waals surface area contributed by atoms with Crippen LogP contribution >= 0.6 is 0 Å². The van der Waals surface area contributed by atoms with Gasteiger partial charge in [-0.05, 0) is 20.3 Å². The van der Waals surface area contributed by atoms with Crippen LogP contribution in [0.2, 0.25) is 0 Å². The molecule has 0 unspecified atom stereocenters. The van der Waals surface area contributed by atoms with Crippen molar-refractivity contribution in [3.05, 3.63) is 0 Å². The van der Waals surface area contributed by atoms with Gasteiger partial charge in [-0.25, -0.2) is 0 Å². The maximum absolute atomic E-state index is 5.44. The molecular weight excluding hydrogens is 190 g/mol. The molecular formula is C12H27NO2. The van der Waals surface area contributed by atoms with Gasteiger partial charge in [0, 0.05) is 26.7 Å². The van der Waals surface area contributed by atoms with E-state index in [1.54, 1.807) is 14.2 Å². The number of methoxy groups -OCH3 is 2. The van der Waals surface area contributed by atoms with E-state index in [-0.39, 0.29) is 0 Å². The van der Waals surface area contributed by atoms with Crippen LogP contribution < -0.4 is 5.32 Å². The summed E-state index contributed by atoms with van der Waals surface area (Å²) < 4.78 is 10.9. The first kappa shape index (κ1) is 14.9. The van der Waals surface area contributed by atoms with Gasteiger partial charge in [0.25, 0.3) is 0 Å². The van der Waals surface area contributed by atoms with E-state index in [9.17, 15) is 0 Å². The predicted molar refractivity (Wildman–Crippen MR) is 63.8 cm³/mol. The smallest absolute Gasteiger partial charge is 0.227 e. The molecule has 0 aliphatic rings.